The second kappa shape index (κ2) is 6.92. The van der Waals surface area contributed by atoms with Gasteiger partial charge in [0.25, 0.3) is 0 Å². The normalized spacial score (nSPS) is 16.4. The van der Waals surface area contributed by atoms with E-state index in [4.69, 9.17) is 6.42 Å². The van der Waals surface area contributed by atoms with Gasteiger partial charge in [-0.25, -0.2) is 0 Å². The third-order valence-electron chi connectivity index (χ3n) is 2.84. The van der Waals surface area contributed by atoms with Gasteiger partial charge in [-0.05, 0) is 0 Å². The first kappa shape index (κ1) is 13.5. The van der Waals surface area contributed by atoms with Crippen molar-refractivity contribution in [3.05, 3.63) is 0 Å². The molecule has 1 aliphatic rings. The van der Waals surface area contributed by atoms with Crippen LogP contribution in [-0.4, -0.2) is 61.5 Å². The van der Waals surface area contributed by atoms with Crippen molar-refractivity contribution in [2.75, 3.05) is 39.8 Å². The molecule has 5 nitrogen and oxygen atoms in total. The van der Waals surface area contributed by atoms with Gasteiger partial charge in [0.1, 0.15) is 0 Å². The Kier molecular flexibility index (Phi) is 5.50. The molecular weight excluding hydrogens is 220 g/mol. The lowest BCUT2D eigenvalue weighted by molar-refractivity contribution is -0.141. The van der Waals surface area contributed by atoms with Crippen LogP contribution in [0, 0.1) is 12.3 Å². The minimum atomic E-state index is -0.198. The van der Waals surface area contributed by atoms with E-state index in [0.717, 1.165) is 13.1 Å². The van der Waals surface area contributed by atoms with Crippen LogP contribution in [-0.2, 0) is 14.3 Å². The molecule has 0 atom stereocenters. The van der Waals surface area contributed by atoms with E-state index >= 15 is 0 Å². The van der Waals surface area contributed by atoms with Crippen LogP contribution in [0.15, 0.2) is 0 Å². The van der Waals surface area contributed by atoms with Crippen LogP contribution in [0.5, 0.6) is 0 Å². The molecule has 0 aromatic rings. The molecule has 0 N–H and O–H groups in total. The monoisotopic (exact) mass is 238 g/mol. The van der Waals surface area contributed by atoms with E-state index in [-0.39, 0.29) is 18.3 Å². The summed E-state index contributed by atoms with van der Waals surface area (Å²) in [5.74, 6) is 2.17. The van der Waals surface area contributed by atoms with Gasteiger partial charge in [-0.15, -0.1) is 6.42 Å². The highest BCUT2D eigenvalue weighted by atomic mass is 16.5. The lowest BCUT2D eigenvalue weighted by Gasteiger charge is -2.34. The molecule has 0 bridgehead atoms. The van der Waals surface area contributed by atoms with Crippen LogP contribution in [0.3, 0.4) is 0 Å². The first-order valence-electron chi connectivity index (χ1n) is 5.67. The van der Waals surface area contributed by atoms with Gasteiger partial charge in [0.05, 0.1) is 20.0 Å². The summed E-state index contributed by atoms with van der Waals surface area (Å²) in [6.07, 6.45) is 5.67. The molecule has 0 radical (unpaired) electrons. The number of hydrogen-bond acceptors (Lipinski definition) is 4. The summed E-state index contributed by atoms with van der Waals surface area (Å²) in [5.41, 5.74) is 0. The number of esters is 1. The minimum absolute atomic E-state index is 0.0140. The summed E-state index contributed by atoms with van der Waals surface area (Å²) in [4.78, 5) is 26.4. The summed E-state index contributed by atoms with van der Waals surface area (Å²) in [7, 11) is 1.39. The van der Waals surface area contributed by atoms with Gasteiger partial charge in [0.2, 0.25) is 5.91 Å². The highest BCUT2D eigenvalue weighted by Crippen LogP contribution is 2.04. The zero-order valence-electron chi connectivity index (χ0n) is 10.1. The number of ether oxygens (including phenoxy) is 1. The van der Waals surface area contributed by atoms with Crippen LogP contribution in [0.1, 0.15) is 12.8 Å². The molecule has 94 valence electrons. The first-order chi connectivity index (χ1) is 8.17. The molecule has 0 unspecified atom stereocenters. The molecule has 0 aliphatic carbocycles. The Bertz CT molecular complexity index is 314. The fraction of sp³-hybridized carbons (Fsp3) is 0.667. The van der Waals surface area contributed by atoms with Gasteiger partial charge in [-0.3, -0.25) is 14.5 Å². The summed E-state index contributed by atoms with van der Waals surface area (Å²) < 4.78 is 4.58. The molecule has 0 saturated carbocycles. The van der Waals surface area contributed by atoms with Crippen LogP contribution in [0.4, 0.5) is 0 Å². The van der Waals surface area contributed by atoms with Crippen molar-refractivity contribution in [2.24, 2.45) is 0 Å². The number of hydrogen-bond donors (Lipinski definition) is 0. The van der Waals surface area contributed by atoms with Gasteiger partial charge in [-0.1, -0.05) is 5.92 Å². The zero-order valence-corrected chi connectivity index (χ0v) is 10.1. The predicted molar refractivity (Wildman–Crippen MR) is 63.1 cm³/mol. The summed E-state index contributed by atoms with van der Waals surface area (Å²) >= 11 is 0. The molecule has 1 fully saturated rings. The van der Waals surface area contributed by atoms with Crippen molar-refractivity contribution in [1.29, 1.82) is 0 Å². The molecule has 1 amide bonds. The first-order valence-corrected chi connectivity index (χ1v) is 5.67. The quantitative estimate of drug-likeness (QED) is 0.499. The fourth-order valence-electron chi connectivity index (χ4n) is 1.77. The second-order valence-electron chi connectivity index (χ2n) is 3.93. The molecule has 0 aromatic heterocycles. The Morgan fingerprint density at radius 2 is 1.94 bits per heavy atom. The highest BCUT2D eigenvalue weighted by Gasteiger charge is 2.20. The van der Waals surface area contributed by atoms with E-state index in [1.54, 1.807) is 4.90 Å². The zero-order chi connectivity index (χ0) is 12.7. The molecule has 1 heterocycles. The van der Waals surface area contributed by atoms with Crippen molar-refractivity contribution in [3.8, 4) is 12.3 Å². The molecule has 1 rings (SSSR count). The molecule has 5 heteroatoms. The van der Waals surface area contributed by atoms with Crippen LogP contribution in [0.2, 0.25) is 0 Å². The predicted octanol–water partition coefficient (Wildman–Crippen LogP) is -0.283. The maximum absolute atomic E-state index is 11.5. The Labute approximate surface area is 102 Å². The summed E-state index contributed by atoms with van der Waals surface area (Å²) in [6, 6.07) is 0. The molecule has 1 aliphatic heterocycles. The molecule has 0 aromatic carbocycles. The third-order valence-corrected chi connectivity index (χ3v) is 2.84. The Balaban J connectivity index is 2.24. The third kappa shape index (κ3) is 4.45. The summed E-state index contributed by atoms with van der Waals surface area (Å²) in [6.45, 7) is 3.62. The standard InChI is InChI=1S/C12H18N2O3/c1-3-4-11(15)14-9-7-13(8-10-14)6-5-12(16)17-2/h1H,4-10H2,2H3. The van der Waals surface area contributed by atoms with E-state index < -0.39 is 0 Å². The second-order valence-corrected chi connectivity index (χ2v) is 3.93. The van der Waals surface area contributed by atoms with Crippen molar-refractivity contribution in [1.82, 2.24) is 9.80 Å². The van der Waals surface area contributed by atoms with E-state index in [0.29, 0.717) is 26.1 Å². The van der Waals surface area contributed by atoms with Crippen LogP contribution in [0.25, 0.3) is 0 Å². The largest absolute Gasteiger partial charge is 0.469 e. The average molecular weight is 238 g/mol. The molecule has 1 saturated heterocycles. The maximum atomic E-state index is 11.5. The number of carbonyl (C=O) groups excluding carboxylic acids is 2. The SMILES string of the molecule is C#CCC(=O)N1CCN(CCC(=O)OC)CC1. The summed E-state index contributed by atoms with van der Waals surface area (Å²) in [5, 5.41) is 0. The maximum Gasteiger partial charge on any atom is 0.306 e. The Morgan fingerprint density at radius 3 is 2.47 bits per heavy atom. The smallest absolute Gasteiger partial charge is 0.306 e. The number of carbonyl (C=O) groups is 2. The highest BCUT2D eigenvalue weighted by molar-refractivity contribution is 5.78. The van der Waals surface area contributed by atoms with Gasteiger partial charge in [0, 0.05) is 32.7 Å². The Morgan fingerprint density at radius 1 is 1.29 bits per heavy atom. The number of methoxy groups -OCH3 is 1. The fourth-order valence-corrected chi connectivity index (χ4v) is 1.77. The number of nitrogens with zero attached hydrogens (tertiary/aromatic N) is 2. The van der Waals surface area contributed by atoms with Crippen LogP contribution < -0.4 is 0 Å². The van der Waals surface area contributed by atoms with Gasteiger partial charge >= 0.3 is 5.97 Å². The van der Waals surface area contributed by atoms with E-state index in [9.17, 15) is 9.59 Å². The number of terminal acetylenes is 1. The lowest BCUT2D eigenvalue weighted by Crippen LogP contribution is -2.49. The minimum Gasteiger partial charge on any atom is -0.469 e. The van der Waals surface area contributed by atoms with Gasteiger partial charge in [-0.2, -0.15) is 0 Å². The van der Waals surface area contributed by atoms with Gasteiger partial charge in [0.15, 0.2) is 0 Å². The lowest BCUT2D eigenvalue weighted by atomic mass is 10.2. The average Bonchev–Trinajstić information content (AvgIpc) is 2.36. The van der Waals surface area contributed by atoms with E-state index in [1.807, 2.05) is 0 Å². The Hall–Kier alpha value is -1.54. The van der Waals surface area contributed by atoms with E-state index in [1.165, 1.54) is 7.11 Å². The van der Waals surface area contributed by atoms with E-state index in [2.05, 4.69) is 15.6 Å². The molecule has 17 heavy (non-hydrogen) atoms. The number of piperazine rings is 1. The molecular formula is C12H18N2O3. The molecule has 0 spiro atoms. The van der Waals surface area contributed by atoms with Crippen molar-refractivity contribution in [2.45, 2.75) is 12.8 Å². The van der Waals surface area contributed by atoms with Crippen molar-refractivity contribution >= 4 is 11.9 Å². The number of rotatable bonds is 4. The van der Waals surface area contributed by atoms with Crippen molar-refractivity contribution < 1.29 is 14.3 Å². The number of amides is 1. The van der Waals surface area contributed by atoms with Gasteiger partial charge < -0.3 is 9.64 Å². The van der Waals surface area contributed by atoms with Crippen molar-refractivity contribution in [3.63, 3.8) is 0 Å². The topological polar surface area (TPSA) is 49.9 Å². The van der Waals surface area contributed by atoms with Crippen LogP contribution >= 0.6 is 0 Å².